The van der Waals surface area contributed by atoms with E-state index < -0.39 is 17.2 Å². The van der Waals surface area contributed by atoms with Crippen LogP contribution in [-0.4, -0.2) is 34.6 Å². The average Bonchev–Trinajstić information content (AvgIpc) is 2.57. The van der Waals surface area contributed by atoms with Crippen molar-refractivity contribution in [3.05, 3.63) is 59.7 Å². The Hall–Kier alpha value is -2.27. The summed E-state index contributed by atoms with van der Waals surface area (Å²) in [5, 5.41) is 9.95. The molecule has 0 radical (unpaired) electrons. The van der Waals surface area contributed by atoms with Gasteiger partial charge in [0.2, 0.25) is 0 Å². The number of rotatable bonds is 2. The molecule has 1 fully saturated rings. The first-order chi connectivity index (χ1) is 11.4. The van der Waals surface area contributed by atoms with Crippen LogP contribution in [0.25, 0.3) is 11.1 Å². The van der Waals surface area contributed by atoms with Gasteiger partial charge in [0, 0.05) is 18.7 Å². The Balaban J connectivity index is 1.74. The molecule has 1 aliphatic heterocycles. The third kappa shape index (κ3) is 3.46. The number of hydrogen-bond acceptors (Lipinski definition) is 2. The van der Waals surface area contributed by atoms with Crippen LogP contribution in [-0.2, 0) is 0 Å². The van der Waals surface area contributed by atoms with E-state index in [1.165, 1.54) is 6.07 Å². The maximum Gasteiger partial charge on any atom is 0.253 e. The predicted molar refractivity (Wildman–Crippen MR) is 87.6 cm³/mol. The zero-order valence-corrected chi connectivity index (χ0v) is 13.4. The molecule has 3 rings (SSSR count). The number of hydrogen-bond donors (Lipinski definition) is 1. The molecule has 0 unspecified atom stereocenters. The summed E-state index contributed by atoms with van der Waals surface area (Å²) in [4.78, 5) is 14.2. The largest absolute Gasteiger partial charge is 0.390 e. The molecule has 0 saturated carbocycles. The predicted octanol–water partition coefficient (Wildman–Crippen LogP) is 3.62. The number of halogens is 2. The standard InChI is InChI=1S/C19H19F2NO2/c1-19(24)8-10-22(11-9-19)18(23)14-4-2-13(3-5-14)15-6-7-16(20)17(21)12-15/h2-7,12,24H,8-11H2,1H3. The van der Waals surface area contributed by atoms with Crippen LogP contribution in [0.1, 0.15) is 30.1 Å². The van der Waals surface area contributed by atoms with Crippen LogP contribution in [0.2, 0.25) is 0 Å². The lowest BCUT2D eigenvalue weighted by Crippen LogP contribution is -2.45. The summed E-state index contributed by atoms with van der Waals surface area (Å²) in [6.07, 6.45) is 1.12. The van der Waals surface area contributed by atoms with E-state index in [1.54, 1.807) is 36.1 Å². The van der Waals surface area contributed by atoms with Crippen LogP contribution < -0.4 is 0 Å². The fourth-order valence-electron chi connectivity index (χ4n) is 2.86. The van der Waals surface area contributed by atoms with Gasteiger partial charge in [-0.3, -0.25) is 4.79 Å². The topological polar surface area (TPSA) is 40.5 Å². The first kappa shape index (κ1) is 16.6. The fraction of sp³-hybridized carbons (Fsp3) is 0.316. The molecule has 0 aromatic heterocycles. The van der Waals surface area contributed by atoms with Crippen LogP contribution in [0.15, 0.2) is 42.5 Å². The minimum absolute atomic E-state index is 0.0812. The van der Waals surface area contributed by atoms with Crippen LogP contribution in [0.5, 0.6) is 0 Å². The number of carbonyl (C=O) groups is 1. The van der Waals surface area contributed by atoms with Crippen molar-refractivity contribution in [1.29, 1.82) is 0 Å². The van der Waals surface area contributed by atoms with Crippen LogP contribution >= 0.6 is 0 Å². The summed E-state index contributed by atoms with van der Waals surface area (Å²) >= 11 is 0. The molecular weight excluding hydrogens is 312 g/mol. The van der Waals surface area contributed by atoms with Crippen molar-refractivity contribution >= 4 is 5.91 Å². The molecule has 0 aliphatic carbocycles. The van der Waals surface area contributed by atoms with Crippen LogP contribution in [0.4, 0.5) is 8.78 Å². The Labute approximate surface area is 139 Å². The van der Waals surface area contributed by atoms with E-state index in [0.29, 0.717) is 42.6 Å². The van der Waals surface area contributed by atoms with Crippen molar-refractivity contribution in [2.45, 2.75) is 25.4 Å². The smallest absolute Gasteiger partial charge is 0.253 e. The van der Waals surface area contributed by atoms with Crippen LogP contribution in [0.3, 0.4) is 0 Å². The SMILES string of the molecule is CC1(O)CCN(C(=O)c2ccc(-c3ccc(F)c(F)c3)cc2)CC1. The van der Waals surface area contributed by atoms with Gasteiger partial charge in [0.1, 0.15) is 0 Å². The van der Waals surface area contributed by atoms with Gasteiger partial charge in [0.05, 0.1) is 5.60 Å². The summed E-state index contributed by atoms with van der Waals surface area (Å²) in [7, 11) is 0. The number of likely N-dealkylation sites (tertiary alicyclic amines) is 1. The van der Waals surface area contributed by atoms with E-state index in [-0.39, 0.29) is 5.91 Å². The average molecular weight is 331 g/mol. The molecule has 0 spiro atoms. The van der Waals surface area contributed by atoms with Crippen molar-refractivity contribution < 1.29 is 18.7 Å². The van der Waals surface area contributed by atoms with Gasteiger partial charge in [0.15, 0.2) is 11.6 Å². The van der Waals surface area contributed by atoms with Gasteiger partial charge >= 0.3 is 0 Å². The Morgan fingerprint density at radius 2 is 1.58 bits per heavy atom. The molecule has 1 amide bonds. The van der Waals surface area contributed by atoms with Gasteiger partial charge in [0.25, 0.3) is 5.91 Å². The second-order valence-electron chi connectivity index (χ2n) is 6.50. The van der Waals surface area contributed by atoms with Gasteiger partial charge in [-0.25, -0.2) is 8.78 Å². The van der Waals surface area contributed by atoms with E-state index in [2.05, 4.69) is 0 Å². The van der Waals surface area contributed by atoms with E-state index in [0.717, 1.165) is 12.1 Å². The second kappa shape index (κ2) is 6.32. The molecule has 1 N–H and O–H groups in total. The number of nitrogens with zero attached hydrogens (tertiary/aromatic N) is 1. The summed E-state index contributed by atoms with van der Waals surface area (Å²) in [5.41, 5.74) is 1.12. The second-order valence-corrected chi connectivity index (χ2v) is 6.50. The van der Waals surface area contributed by atoms with Gasteiger partial charge in [-0.1, -0.05) is 18.2 Å². The molecule has 2 aromatic rings. The Morgan fingerprint density at radius 3 is 2.17 bits per heavy atom. The molecule has 3 nitrogen and oxygen atoms in total. The van der Waals surface area contributed by atoms with Gasteiger partial charge in [-0.05, 0) is 55.2 Å². The quantitative estimate of drug-likeness (QED) is 0.913. The molecule has 126 valence electrons. The monoisotopic (exact) mass is 331 g/mol. The summed E-state index contributed by atoms with van der Waals surface area (Å²) < 4.78 is 26.3. The lowest BCUT2D eigenvalue weighted by Gasteiger charge is -2.35. The van der Waals surface area contributed by atoms with E-state index in [1.807, 2.05) is 0 Å². The number of piperidine rings is 1. The lowest BCUT2D eigenvalue weighted by molar-refractivity contribution is -0.00202. The Kier molecular flexibility index (Phi) is 4.37. The van der Waals surface area contributed by atoms with Crippen molar-refractivity contribution in [3.63, 3.8) is 0 Å². The first-order valence-electron chi connectivity index (χ1n) is 7.93. The highest BCUT2D eigenvalue weighted by Crippen LogP contribution is 2.25. The molecule has 1 heterocycles. The lowest BCUT2D eigenvalue weighted by atomic mass is 9.93. The highest BCUT2D eigenvalue weighted by Gasteiger charge is 2.29. The third-order valence-corrected chi connectivity index (χ3v) is 4.51. The minimum atomic E-state index is -0.895. The fourth-order valence-corrected chi connectivity index (χ4v) is 2.86. The minimum Gasteiger partial charge on any atom is -0.390 e. The summed E-state index contributed by atoms with van der Waals surface area (Å²) in [5.74, 6) is -1.86. The van der Waals surface area contributed by atoms with Crippen molar-refractivity contribution in [3.8, 4) is 11.1 Å². The number of aliphatic hydroxyl groups is 1. The number of amides is 1. The molecule has 2 aromatic carbocycles. The van der Waals surface area contributed by atoms with E-state index >= 15 is 0 Å². The number of carbonyl (C=O) groups excluding carboxylic acids is 1. The molecule has 24 heavy (non-hydrogen) atoms. The summed E-state index contributed by atoms with van der Waals surface area (Å²) in [6.45, 7) is 2.83. The zero-order chi connectivity index (χ0) is 17.3. The van der Waals surface area contributed by atoms with E-state index in [9.17, 15) is 18.7 Å². The molecule has 0 bridgehead atoms. The van der Waals surface area contributed by atoms with Crippen LogP contribution in [0, 0.1) is 11.6 Å². The first-order valence-corrected chi connectivity index (χ1v) is 7.93. The molecule has 0 atom stereocenters. The van der Waals surface area contributed by atoms with Gasteiger partial charge < -0.3 is 10.0 Å². The van der Waals surface area contributed by atoms with Crippen molar-refractivity contribution in [1.82, 2.24) is 4.90 Å². The molecule has 5 heteroatoms. The highest BCUT2D eigenvalue weighted by atomic mass is 19.2. The normalized spacial score (nSPS) is 16.9. The maximum atomic E-state index is 13.3. The zero-order valence-electron chi connectivity index (χ0n) is 13.4. The molecular formula is C19H19F2NO2. The van der Waals surface area contributed by atoms with E-state index in [4.69, 9.17) is 0 Å². The van der Waals surface area contributed by atoms with Crippen molar-refractivity contribution in [2.75, 3.05) is 13.1 Å². The third-order valence-electron chi connectivity index (χ3n) is 4.51. The molecule has 1 aliphatic rings. The summed E-state index contributed by atoms with van der Waals surface area (Å²) in [6, 6.07) is 10.5. The maximum absolute atomic E-state index is 13.3. The molecule has 1 saturated heterocycles. The Bertz CT molecular complexity index is 746. The number of benzene rings is 2. The van der Waals surface area contributed by atoms with Crippen molar-refractivity contribution in [2.24, 2.45) is 0 Å². The van der Waals surface area contributed by atoms with Gasteiger partial charge in [-0.2, -0.15) is 0 Å². The Morgan fingerprint density at radius 1 is 1.00 bits per heavy atom. The van der Waals surface area contributed by atoms with Gasteiger partial charge in [-0.15, -0.1) is 0 Å². The highest BCUT2D eigenvalue weighted by molar-refractivity contribution is 5.94.